The van der Waals surface area contributed by atoms with E-state index in [0.717, 1.165) is 5.69 Å². The number of aliphatic hydroxyl groups is 1. The molecule has 1 atom stereocenters. The van der Waals surface area contributed by atoms with Crippen LogP contribution in [0.15, 0.2) is 5.51 Å². The molecule has 1 amide bonds. The number of hydrogen-bond acceptors (Lipinski definition) is 4. The third-order valence-corrected chi connectivity index (χ3v) is 3.11. The lowest BCUT2D eigenvalue weighted by molar-refractivity contribution is 0.0948. The van der Waals surface area contributed by atoms with E-state index < -0.39 is 0 Å². The molecule has 0 fully saturated rings. The number of rotatable bonds is 5. The highest BCUT2D eigenvalue weighted by Gasteiger charge is 2.12. The number of aromatic nitrogens is 1. The fraction of sp³-hybridized carbons (Fsp3) is 0.600. The van der Waals surface area contributed by atoms with Gasteiger partial charge in [0.15, 0.2) is 0 Å². The normalized spacial score (nSPS) is 12.5. The fourth-order valence-electron chi connectivity index (χ4n) is 1.19. The Morgan fingerprint density at radius 3 is 3.00 bits per heavy atom. The maximum Gasteiger partial charge on any atom is 0.263 e. The smallest absolute Gasteiger partial charge is 0.263 e. The van der Waals surface area contributed by atoms with Gasteiger partial charge in [0.25, 0.3) is 5.91 Å². The summed E-state index contributed by atoms with van der Waals surface area (Å²) in [5.74, 6) is 0.229. The Balaban J connectivity index is 2.40. The second kappa shape index (κ2) is 5.82. The average Bonchev–Trinajstić information content (AvgIpc) is 2.61. The van der Waals surface area contributed by atoms with Crippen LogP contribution in [0.4, 0.5) is 0 Å². The molecule has 1 unspecified atom stereocenters. The highest BCUT2D eigenvalue weighted by Crippen LogP contribution is 2.11. The number of thiazole rings is 1. The first-order valence-corrected chi connectivity index (χ1v) is 5.82. The topological polar surface area (TPSA) is 62.2 Å². The predicted octanol–water partition coefficient (Wildman–Crippen LogP) is 1.20. The van der Waals surface area contributed by atoms with Gasteiger partial charge in [-0.05, 0) is 19.3 Å². The number of aliphatic hydroxyl groups excluding tert-OH is 1. The standard InChI is InChI=1S/C10H16N2O2S/c1-7(3-4-13)5-11-10(14)9-8(2)12-6-15-9/h6-7,13H,3-5H2,1-2H3,(H,11,14). The Morgan fingerprint density at radius 1 is 1.73 bits per heavy atom. The molecule has 0 spiro atoms. The van der Waals surface area contributed by atoms with Crippen LogP contribution in [0.5, 0.6) is 0 Å². The van der Waals surface area contributed by atoms with E-state index in [4.69, 9.17) is 5.11 Å². The molecule has 0 aromatic carbocycles. The van der Waals surface area contributed by atoms with Crippen molar-refractivity contribution in [3.8, 4) is 0 Å². The summed E-state index contributed by atoms with van der Waals surface area (Å²) in [4.78, 5) is 16.3. The Labute approximate surface area is 93.4 Å². The van der Waals surface area contributed by atoms with Gasteiger partial charge in [0.1, 0.15) is 4.88 Å². The summed E-state index contributed by atoms with van der Waals surface area (Å²) < 4.78 is 0. The second-order valence-corrected chi connectivity index (χ2v) is 4.45. The Kier molecular flexibility index (Phi) is 4.71. The Morgan fingerprint density at radius 2 is 2.47 bits per heavy atom. The molecular weight excluding hydrogens is 212 g/mol. The average molecular weight is 228 g/mol. The van der Waals surface area contributed by atoms with Gasteiger partial charge in [-0.3, -0.25) is 4.79 Å². The molecule has 0 aliphatic heterocycles. The summed E-state index contributed by atoms with van der Waals surface area (Å²) in [6, 6.07) is 0. The van der Waals surface area contributed by atoms with Gasteiger partial charge in [0.05, 0.1) is 11.2 Å². The summed E-state index contributed by atoms with van der Waals surface area (Å²) in [5, 5.41) is 11.5. The van der Waals surface area contributed by atoms with E-state index in [1.54, 1.807) is 5.51 Å². The maximum atomic E-state index is 11.6. The van der Waals surface area contributed by atoms with Gasteiger partial charge in [0.2, 0.25) is 0 Å². The first kappa shape index (κ1) is 12.1. The summed E-state index contributed by atoms with van der Waals surface area (Å²) in [5.41, 5.74) is 2.44. The van der Waals surface area contributed by atoms with Crippen LogP contribution in [0, 0.1) is 12.8 Å². The van der Waals surface area contributed by atoms with E-state index in [2.05, 4.69) is 10.3 Å². The first-order chi connectivity index (χ1) is 7.15. The Bertz CT molecular complexity index is 325. The molecule has 1 rings (SSSR count). The fourth-order valence-corrected chi connectivity index (χ4v) is 1.91. The largest absolute Gasteiger partial charge is 0.396 e. The molecule has 0 radical (unpaired) electrons. The minimum absolute atomic E-state index is 0.0696. The van der Waals surface area contributed by atoms with E-state index >= 15 is 0 Å². The number of nitrogens with one attached hydrogen (secondary N) is 1. The van der Waals surface area contributed by atoms with Crippen LogP contribution in [0.2, 0.25) is 0 Å². The van der Waals surface area contributed by atoms with Crippen molar-refractivity contribution in [1.29, 1.82) is 0 Å². The Hall–Kier alpha value is -0.940. The summed E-state index contributed by atoms with van der Waals surface area (Å²) in [7, 11) is 0. The zero-order chi connectivity index (χ0) is 11.3. The molecule has 84 valence electrons. The van der Waals surface area contributed by atoms with Crippen LogP contribution < -0.4 is 5.32 Å². The van der Waals surface area contributed by atoms with Gasteiger partial charge in [0, 0.05) is 13.2 Å². The molecule has 0 aliphatic carbocycles. The lowest BCUT2D eigenvalue weighted by Crippen LogP contribution is -2.28. The molecule has 4 nitrogen and oxygen atoms in total. The molecule has 0 aliphatic rings. The van der Waals surface area contributed by atoms with Crippen molar-refractivity contribution in [1.82, 2.24) is 10.3 Å². The quantitative estimate of drug-likeness (QED) is 0.796. The van der Waals surface area contributed by atoms with Gasteiger partial charge < -0.3 is 10.4 Å². The minimum Gasteiger partial charge on any atom is -0.396 e. The predicted molar refractivity (Wildman–Crippen MR) is 60.1 cm³/mol. The molecule has 0 saturated heterocycles. The van der Waals surface area contributed by atoms with Gasteiger partial charge in [-0.15, -0.1) is 11.3 Å². The monoisotopic (exact) mass is 228 g/mol. The van der Waals surface area contributed by atoms with Crippen LogP contribution in [0.1, 0.15) is 28.7 Å². The summed E-state index contributed by atoms with van der Waals surface area (Å²) >= 11 is 1.35. The number of nitrogens with zero attached hydrogens (tertiary/aromatic N) is 1. The highest BCUT2D eigenvalue weighted by molar-refractivity contribution is 7.11. The van der Waals surface area contributed by atoms with Gasteiger partial charge in [-0.2, -0.15) is 0 Å². The third-order valence-electron chi connectivity index (χ3n) is 2.18. The highest BCUT2D eigenvalue weighted by atomic mass is 32.1. The molecule has 5 heteroatoms. The van der Waals surface area contributed by atoms with Crippen molar-refractivity contribution < 1.29 is 9.90 Å². The van der Waals surface area contributed by atoms with Crippen LogP contribution in [-0.2, 0) is 0 Å². The van der Waals surface area contributed by atoms with Crippen molar-refractivity contribution in [3.63, 3.8) is 0 Å². The van der Waals surface area contributed by atoms with E-state index in [1.165, 1.54) is 11.3 Å². The van der Waals surface area contributed by atoms with E-state index in [9.17, 15) is 4.79 Å². The van der Waals surface area contributed by atoms with Crippen molar-refractivity contribution in [3.05, 3.63) is 16.1 Å². The van der Waals surface area contributed by atoms with Gasteiger partial charge >= 0.3 is 0 Å². The number of carbonyl (C=O) groups excluding carboxylic acids is 1. The van der Waals surface area contributed by atoms with E-state index in [-0.39, 0.29) is 12.5 Å². The molecule has 15 heavy (non-hydrogen) atoms. The van der Waals surface area contributed by atoms with Crippen LogP contribution >= 0.6 is 11.3 Å². The number of hydrogen-bond donors (Lipinski definition) is 2. The van der Waals surface area contributed by atoms with E-state index in [0.29, 0.717) is 23.8 Å². The molecular formula is C10H16N2O2S. The van der Waals surface area contributed by atoms with Crippen molar-refractivity contribution >= 4 is 17.2 Å². The van der Waals surface area contributed by atoms with Gasteiger partial charge in [-0.25, -0.2) is 4.98 Å². The zero-order valence-corrected chi connectivity index (χ0v) is 9.80. The number of amides is 1. The van der Waals surface area contributed by atoms with E-state index in [1.807, 2.05) is 13.8 Å². The summed E-state index contributed by atoms with van der Waals surface area (Å²) in [6.07, 6.45) is 0.710. The first-order valence-electron chi connectivity index (χ1n) is 4.94. The lowest BCUT2D eigenvalue weighted by Gasteiger charge is -2.10. The lowest BCUT2D eigenvalue weighted by atomic mass is 10.1. The minimum atomic E-state index is -0.0696. The van der Waals surface area contributed by atoms with Crippen molar-refractivity contribution in [2.24, 2.45) is 5.92 Å². The van der Waals surface area contributed by atoms with Crippen LogP contribution in [0.25, 0.3) is 0 Å². The SMILES string of the molecule is Cc1ncsc1C(=O)NCC(C)CCO. The molecule has 1 aromatic heterocycles. The second-order valence-electron chi connectivity index (χ2n) is 3.59. The molecule has 0 saturated carbocycles. The maximum absolute atomic E-state index is 11.6. The molecule has 0 bridgehead atoms. The van der Waals surface area contributed by atoms with Crippen molar-refractivity contribution in [2.75, 3.05) is 13.2 Å². The number of carbonyl (C=O) groups is 1. The van der Waals surface area contributed by atoms with Crippen molar-refractivity contribution in [2.45, 2.75) is 20.3 Å². The number of aryl methyl sites for hydroxylation is 1. The third kappa shape index (κ3) is 3.60. The summed E-state index contributed by atoms with van der Waals surface area (Å²) in [6.45, 7) is 4.58. The zero-order valence-electron chi connectivity index (χ0n) is 8.99. The molecule has 1 aromatic rings. The molecule has 2 N–H and O–H groups in total. The van der Waals surface area contributed by atoms with Crippen LogP contribution in [0.3, 0.4) is 0 Å². The van der Waals surface area contributed by atoms with Gasteiger partial charge in [-0.1, -0.05) is 6.92 Å². The van der Waals surface area contributed by atoms with Crippen LogP contribution in [-0.4, -0.2) is 29.1 Å². The molecule has 1 heterocycles.